The summed E-state index contributed by atoms with van der Waals surface area (Å²) in [6, 6.07) is 0. The molecule has 1 rings (SSSR count). The zero-order valence-corrected chi connectivity index (χ0v) is 13.1. The van der Waals surface area contributed by atoms with Gasteiger partial charge in [-0.1, -0.05) is 39.0 Å². The summed E-state index contributed by atoms with van der Waals surface area (Å²) >= 11 is 0. The molecule has 0 spiro atoms. The molecule has 1 amide bonds. The first-order chi connectivity index (χ1) is 9.33. The van der Waals surface area contributed by atoms with E-state index in [0.29, 0.717) is 31.2 Å². The molecule has 0 saturated heterocycles. The fourth-order valence-corrected chi connectivity index (χ4v) is 2.86. The Morgan fingerprint density at radius 1 is 1.25 bits per heavy atom. The number of hydrogen-bond donors (Lipinski definition) is 2. The Labute approximate surface area is 122 Å². The first-order valence-electron chi connectivity index (χ1n) is 7.83. The van der Waals surface area contributed by atoms with Gasteiger partial charge in [0.1, 0.15) is 0 Å². The molecule has 4 heteroatoms. The standard InChI is InChI=1S/C16H29NO3/c1-12(13-7-5-4-6-8-13)11-14(18)17-10-9-16(2,3)15(19)20/h12-13H,4-11H2,1-3H3,(H,17,18)(H,19,20). The highest BCUT2D eigenvalue weighted by molar-refractivity contribution is 5.76. The summed E-state index contributed by atoms with van der Waals surface area (Å²) < 4.78 is 0. The topological polar surface area (TPSA) is 66.4 Å². The van der Waals surface area contributed by atoms with Gasteiger partial charge in [0.25, 0.3) is 0 Å². The van der Waals surface area contributed by atoms with Gasteiger partial charge in [0.2, 0.25) is 5.91 Å². The molecule has 20 heavy (non-hydrogen) atoms. The highest BCUT2D eigenvalue weighted by atomic mass is 16.4. The molecule has 0 aromatic rings. The molecule has 0 aliphatic heterocycles. The molecule has 1 fully saturated rings. The van der Waals surface area contributed by atoms with Gasteiger partial charge >= 0.3 is 5.97 Å². The molecule has 1 atom stereocenters. The number of nitrogens with one attached hydrogen (secondary N) is 1. The highest BCUT2D eigenvalue weighted by Crippen LogP contribution is 2.31. The molecule has 0 aromatic carbocycles. The number of hydrogen-bond acceptors (Lipinski definition) is 2. The van der Waals surface area contributed by atoms with Gasteiger partial charge in [-0.3, -0.25) is 9.59 Å². The van der Waals surface area contributed by atoms with Crippen LogP contribution in [0.5, 0.6) is 0 Å². The number of carboxylic acids is 1. The maximum atomic E-state index is 11.9. The Morgan fingerprint density at radius 2 is 1.85 bits per heavy atom. The van der Waals surface area contributed by atoms with Crippen molar-refractivity contribution >= 4 is 11.9 Å². The van der Waals surface area contributed by atoms with Crippen LogP contribution in [0, 0.1) is 17.3 Å². The first-order valence-corrected chi connectivity index (χ1v) is 7.83. The molecular weight excluding hydrogens is 254 g/mol. The zero-order valence-electron chi connectivity index (χ0n) is 13.1. The number of carbonyl (C=O) groups is 2. The Balaban J connectivity index is 2.24. The van der Waals surface area contributed by atoms with E-state index in [1.54, 1.807) is 13.8 Å². The van der Waals surface area contributed by atoms with Crippen molar-refractivity contribution in [3.05, 3.63) is 0 Å². The van der Waals surface area contributed by atoms with Crippen LogP contribution in [0.15, 0.2) is 0 Å². The van der Waals surface area contributed by atoms with Gasteiger partial charge in [-0.25, -0.2) is 0 Å². The molecule has 0 heterocycles. The summed E-state index contributed by atoms with van der Waals surface area (Å²) in [5.41, 5.74) is -0.776. The summed E-state index contributed by atoms with van der Waals surface area (Å²) in [6.07, 6.45) is 7.46. The minimum absolute atomic E-state index is 0.0595. The predicted molar refractivity (Wildman–Crippen MR) is 79.4 cm³/mol. The molecule has 1 saturated carbocycles. The highest BCUT2D eigenvalue weighted by Gasteiger charge is 2.27. The fourth-order valence-electron chi connectivity index (χ4n) is 2.86. The van der Waals surface area contributed by atoms with Crippen LogP contribution in [0.3, 0.4) is 0 Å². The summed E-state index contributed by atoms with van der Waals surface area (Å²) in [4.78, 5) is 22.9. The van der Waals surface area contributed by atoms with E-state index in [1.165, 1.54) is 32.1 Å². The minimum atomic E-state index is -0.817. The van der Waals surface area contributed by atoms with E-state index < -0.39 is 11.4 Å². The molecule has 1 aliphatic carbocycles. The van der Waals surface area contributed by atoms with Gasteiger partial charge in [0, 0.05) is 13.0 Å². The third-order valence-electron chi connectivity index (χ3n) is 4.61. The van der Waals surface area contributed by atoms with Crippen LogP contribution in [0.4, 0.5) is 0 Å². The molecule has 2 N–H and O–H groups in total. The monoisotopic (exact) mass is 283 g/mol. The number of carbonyl (C=O) groups excluding carboxylic acids is 1. The SMILES string of the molecule is CC(CC(=O)NCCC(C)(C)C(=O)O)C1CCCCC1. The van der Waals surface area contributed by atoms with E-state index >= 15 is 0 Å². The lowest BCUT2D eigenvalue weighted by Crippen LogP contribution is -2.33. The second kappa shape index (κ2) is 7.65. The Morgan fingerprint density at radius 3 is 2.40 bits per heavy atom. The maximum Gasteiger partial charge on any atom is 0.309 e. The molecule has 1 aliphatic rings. The van der Waals surface area contributed by atoms with Gasteiger partial charge in [0.15, 0.2) is 0 Å². The summed E-state index contributed by atoms with van der Waals surface area (Å²) in [5, 5.41) is 11.9. The van der Waals surface area contributed by atoms with E-state index in [9.17, 15) is 9.59 Å². The average molecular weight is 283 g/mol. The van der Waals surface area contributed by atoms with Crippen molar-refractivity contribution in [2.24, 2.45) is 17.3 Å². The Bertz CT molecular complexity index is 333. The van der Waals surface area contributed by atoms with Crippen molar-refractivity contribution in [1.82, 2.24) is 5.32 Å². The fraction of sp³-hybridized carbons (Fsp3) is 0.875. The smallest absolute Gasteiger partial charge is 0.309 e. The van der Waals surface area contributed by atoms with Crippen LogP contribution >= 0.6 is 0 Å². The summed E-state index contributed by atoms with van der Waals surface area (Å²) in [5.74, 6) is 0.360. The average Bonchev–Trinajstić information content (AvgIpc) is 2.39. The second-order valence-electron chi connectivity index (χ2n) is 6.87. The van der Waals surface area contributed by atoms with Crippen molar-refractivity contribution in [3.8, 4) is 0 Å². The van der Waals surface area contributed by atoms with E-state index in [-0.39, 0.29) is 5.91 Å². The van der Waals surface area contributed by atoms with Crippen LogP contribution in [0.25, 0.3) is 0 Å². The van der Waals surface area contributed by atoms with Gasteiger partial charge in [-0.05, 0) is 32.1 Å². The second-order valence-corrected chi connectivity index (χ2v) is 6.87. The summed E-state index contributed by atoms with van der Waals surface area (Å²) in [6.45, 7) is 5.98. The number of rotatable bonds is 7. The van der Waals surface area contributed by atoms with Crippen molar-refractivity contribution in [2.75, 3.05) is 6.54 Å². The lowest BCUT2D eigenvalue weighted by atomic mass is 9.79. The molecule has 0 aromatic heterocycles. The van der Waals surface area contributed by atoms with Crippen LogP contribution < -0.4 is 5.32 Å². The third kappa shape index (κ3) is 5.51. The normalized spacial score (nSPS) is 18.6. The number of amides is 1. The molecule has 0 bridgehead atoms. The minimum Gasteiger partial charge on any atom is -0.481 e. The quantitative estimate of drug-likeness (QED) is 0.754. The lowest BCUT2D eigenvalue weighted by Gasteiger charge is -2.27. The van der Waals surface area contributed by atoms with Crippen LogP contribution in [-0.4, -0.2) is 23.5 Å². The van der Waals surface area contributed by atoms with Gasteiger partial charge < -0.3 is 10.4 Å². The van der Waals surface area contributed by atoms with Gasteiger partial charge in [0.05, 0.1) is 5.41 Å². The van der Waals surface area contributed by atoms with Crippen molar-refractivity contribution in [1.29, 1.82) is 0 Å². The third-order valence-corrected chi connectivity index (χ3v) is 4.61. The Kier molecular flexibility index (Phi) is 6.50. The van der Waals surface area contributed by atoms with E-state index in [2.05, 4.69) is 12.2 Å². The maximum absolute atomic E-state index is 11.9. The van der Waals surface area contributed by atoms with Crippen molar-refractivity contribution < 1.29 is 14.7 Å². The largest absolute Gasteiger partial charge is 0.481 e. The molecule has 0 radical (unpaired) electrons. The van der Waals surface area contributed by atoms with E-state index in [4.69, 9.17) is 5.11 Å². The summed E-state index contributed by atoms with van der Waals surface area (Å²) in [7, 11) is 0. The first kappa shape index (κ1) is 17.0. The zero-order chi connectivity index (χ0) is 15.2. The van der Waals surface area contributed by atoms with E-state index in [1.807, 2.05) is 0 Å². The Hall–Kier alpha value is -1.06. The van der Waals surface area contributed by atoms with Gasteiger partial charge in [-0.2, -0.15) is 0 Å². The lowest BCUT2D eigenvalue weighted by molar-refractivity contribution is -0.147. The molecule has 1 unspecified atom stereocenters. The molecule has 4 nitrogen and oxygen atoms in total. The van der Waals surface area contributed by atoms with Crippen LogP contribution in [-0.2, 0) is 9.59 Å². The van der Waals surface area contributed by atoms with Crippen molar-refractivity contribution in [3.63, 3.8) is 0 Å². The number of carboxylic acid groups (broad SMARTS) is 1. The predicted octanol–water partition coefficient (Wildman–Crippen LogP) is 3.21. The number of aliphatic carboxylic acids is 1. The molecule has 116 valence electrons. The van der Waals surface area contributed by atoms with Crippen LogP contribution in [0.1, 0.15) is 65.7 Å². The van der Waals surface area contributed by atoms with Crippen LogP contribution in [0.2, 0.25) is 0 Å². The van der Waals surface area contributed by atoms with Gasteiger partial charge in [-0.15, -0.1) is 0 Å². The van der Waals surface area contributed by atoms with E-state index in [0.717, 1.165) is 0 Å². The molecular formula is C16H29NO3. The van der Waals surface area contributed by atoms with Crippen molar-refractivity contribution in [2.45, 2.75) is 65.7 Å².